The number of halogens is 2. The molecule has 0 atom stereocenters. The fourth-order valence-electron chi connectivity index (χ4n) is 1.65. The maximum Gasteiger partial charge on any atom is 0.272 e. The molecule has 0 heterocycles. The van der Waals surface area contributed by atoms with Crippen molar-refractivity contribution in [3.8, 4) is 0 Å². The molecule has 0 bridgehead atoms. The fourth-order valence-corrected chi connectivity index (χ4v) is 1.85. The Kier molecular flexibility index (Phi) is 5.27. The predicted molar refractivity (Wildman–Crippen MR) is 82.5 cm³/mol. The third kappa shape index (κ3) is 4.43. The number of amides is 2. The van der Waals surface area contributed by atoms with E-state index in [1.54, 1.807) is 24.3 Å². The Morgan fingerprint density at radius 2 is 1.82 bits per heavy atom. The Morgan fingerprint density at radius 1 is 1.05 bits per heavy atom. The molecule has 0 aliphatic rings. The fraction of sp³-hybridized carbons (Fsp3) is 0. The van der Waals surface area contributed by atoms with Gasteiger partial charge in [-0.3, -0.25) is 20.4 Å². The first kappa shape index (κ1) is 15.7. The van der Waals surface area contributed by atoms with E-state index in [1.807, 2.05) is 0 Å². The zero-order valence-electron chi connectivity index (χ0n) is 11.3. The van der Waals surface area contributed by atoms with Gasteiger partial charge in [0, 0.05) is 11.1 Å². The Morgan fingerprint density at radius 3 is 2.55 bits per heavy atom. The van der Waals surface area contributed by atoms with Crippen LogP contribution in [0.1, 0.15) is 15.9 Å². The molecule has 0 radical (unpaired) electrons. The standard InChI is InChI=1S/C16H12ClFN2O2/c17-12-5-3-4-11(10-12)8-9-15(21)19-20-16(22)13-6-1-2-7-14(13)18/h1-10H,(H,19,21)(H,20,22)/b9-8+. The summed E-state index contributed by atoms with van der Waals surface area (Å²) in [4.78, 5) is 23.3. The quantitative estimate of drug-likeness (QED) is 0.675. The minimum absolute atomic E-state index is 0.151. The maximum atomic E-state index is 13.4. The summed E-state index contributed by atoms with van der Waals surface area (Å²) in [5, 5.41) is 0.551. The first-order valence-electron chi connectivity index (χ1n) is 6.35. The van der Waals surface area contributed by atoms with Crippen LogP contribution in [0.15, 0.2) is 54.6 Å². The molecule has 2 amide bonds. The normalized spacial score (nSPS) is 10.5. The molecule has 0 aliphatic heterocycles. The van der Waals surface area contributed by atoms with Crippen molar-refractivity contribution in [2.75, 3.05) is 0 Å². The van der Waals surface area contributed by atoms with Crippen molar-refractivity contribution in [1.82, 2.24) is 10.9 Å². The van der Waals surface area contributed by atoms with Crippen LogP contribution >= 0.6 is 11.6 Å². The summed E-state index contributed by atoms with van der Waals surface area (Å²) in [5.74, 6) is -1.95. The average Bonchev–Trinajstić information content (AvgIpc) is 2.51. The third-order valence-electron chi connectivity index (χ3n) is 2.69. The summed E-state index contributed by atoms with van der Waals surface area (Å²) >= 11 is 5.82. The second-order valence-corrected chi connectivity index (χ2v) is 4.75. The molecule has 0 fully saturated rings. The van der Waals surface area contributed by atoms with Gasteiger partial charge in [-0.05, 0) is 35.9 Å². The van der Waals surface area contributed by atoms with E-state index in [1.165, 1.54) is 30.4 Å². The minimum Gasteiger partial charge on any atom is -0.268 e. The van der Waals surface area contributed by atoms with Crippen LogP contribution in [-0.2, 0) is 4.79 Å². The first-order chi connectivity index (χ1) is 10.6. The van der Waals surface area contributed by atoms with Crippen molar-refractivity contribution in [3.05, 3.63) is 76.6 Å². The third-order valence-corrected chi connectivity index (χ3v) is 2.93. The van der Waals surface area contributed by atoms with Gasteiger partial charge in [0.1, 0.15) is 5.82 Å². The van der Waals surface area contributed by atoms with Crippen molar-refractivity contribution in [1.29, 1.82) is 0 Å². The highest BCUT2D eigenvalue weighted by Gasteiger charge is 2.10. The molecular weight excluding hydrogens is 307 g/mol. The summed E-state index contributed by atoms with van der Waals surface area (Å²) in [6.07, 6.45) is 2.77. The molecule has 0 aliphatic carbocycles. The largest absolute Gasteiger partial charge is 0.272 e. The second-order valence-electron chi connectivity index (χ2n) is 4.31. The minimum atomic E-state index is -0.734. The average molecular weight is 319 g/mol. The van der Waals surface area contributed by atoms with Crippen LogP contribution < -0.4 is 10.9 Å². The second kappa shape index (κ2) is 7.38. The van der Waals surface area contributed by atoms with Gasteiger partial charge in [-0.15, -0.1) is 0 Å². The van der Waals surface area contributed by atoms with Crippen LogP contribution in [-0.4, -0.2) is 11.8 Å². The summed E-state index contributed by atoms with van der Waals surface area (Å²) < 4.78 is 13.4. The van der Waals surface area contributed by atoms with E-state index in [2.05, 4.69) is 10.9 Å². The topological polar surface area (TPSA) is 58.2 Å². The van der Waals surface area contributed by atoms with E-state index in [0.29, 0.717) is 5.02 Å². The molecule has 6 heteroatoms. The summed E-state index contributed by atoms with van der Waals surface area (Å²) in [7, 11) is 0. The first-order valence-corrected chi connectivity index (χ1v) is 6.72. The maximum absolute atomic E-state index is 13.4. The Hall–Kier alpha value is -2.66. The van der Waals surface area contributed by atoms with Crippen LogP contribution in [0.5, 0.6) is 0 Å². The number of hydrogen-bond donors (Lipinski definition) is 2. The van der Waals surface area contributed by atoms with Crippen molar-refractivity contribution in [2.45, 2.75) is 0 Å². The van der Waals surface area contributed by atoms with Crippen LogP contribution in [0.4, 0.5) is 4.39 Å². The molecule has 2 rings (SSSR count). The molecule has 0 spiro atoms. The van der Waals surface area contributed by atoms with Crippen molar-refractivity contribution in [2.24, 2.45) is 0 Å². The highest BCUT2D eigenvalue weighted by atomic mass is 35.5. The van der Waals surface area contributed by atoms with Crippen LogP contribution in [0.3, 0.4) is 0 Å². The number of benzene rings is 2. The van der Waals surface area contributed by atoms with Crippen LogP contribution in [0, 0.1) is 5.82 Å². The van der Waals surface area contributed by atoms with Gasteiger partial charge in [-0.2, -0.15) is 0 Å². The van der Waals surface area contributed by atoms with Gasteiger partial charge in [0.2, 0.25) is 0 Å². The zero-order chi connectivity index (χ0) is 15.9. The van der Waals surface area contributed by atoms with Gasteiger partial charge in [0.25, 0.3) is 11.8 Å². The van der Waals surface area contributed by atoms with E-state index < -0.39 is 17.6 Å². The molecular formula is C16H12ClFN2O2. The molecule has 22 heavy (non-hydrogen) atoms. The van der Waals surface area contributed by atoms with Crippen molar-refractivity contribution >= 4 is 29.5 Å². The van der Waals surface area contributed by atoms with E-state index in [4.69, 9.17) is 11.6 Å². The molecule has 0 saturated heterocycles. The molecule has 0 saturated carbocycles. The number of nitrogens with one attached hydrogen (secondary N) is 2. The summed E-state index contributed by atoms with van der Waals surface area (Å²) in [6.45, 7) is 0. The van der Waals surface area contributed by atoms with Gasteiger partial charge < -0.3 is 0 Å². The molecule has 2 N–H and O–H groups in total. The lowest BCUT2D eigenvalue weighted by atomic mass is 10.2. The number of carbonyl (C=O) groups excluding carboxylic acids is 2. The molecule has 0 unspecified atom stereocenters. The van der Waals surface area contributed by atoms with E-state index in [-0.39, 0.29) is 5.56 Å². The van der Waals surface area contributed by atoms with E-state index in [0.717, 1.165) is 11.6 Å². The Labute approximate surface area is 131 Å². The van der Waals surface area contributed by atoms with Crippen molar-refractivity contribution < 1.29 is 14.0 Å². The van der Waals surface area contributed by atoms with E-state index >= 15 is 0 Å². The van der Waals surface area contributed by atoms with Crippen molar-refractivity contribution in [3.63, 3.8) is 0 Å². The van der Waals surface area contributed by atoms with Gasteiger partial charge in [-0.1, -0.05) is 35.9 Å². The number of rotatable bonds is 3. The smallest absolute Gasteiger partial charge is 0.268 e. The van der Waals surface area contributed by atoms with E-state index in [9.17, 15) is 14.0 Å². The SMILES string of the molecule is O=C(/C=C/c1cccc(Cl)c1)NNC(=O)c1ccccc1F. The van der Waals surface area contributed by atoms with Gasteiger partial charge in [0.05, 0.1) is 5.56 Å². The van der Waals surface area contributed by atoms with Gasteiger partial charge in [-0.25, -0.2) is 4.39 Å². The highest BCUT2D eigenvalue weighted by molar-refractivity contribution is 6.30. The monoisotopic (exact) mass is 318 g/mol. The number of carbonyl (C=O) groups is 2. The predicted octanol–water partition coefficient (Wildman–Crippen LogP) is 2.95. The molecule has 112 valence electrons. The molecule has 0 aromatic heterocycles. The highest BCUT2D eigenvalue weighted by Crippen LogP contribution is 2.11. The zero-order valence-corrected chi connectivity index (χ0v) is 12.1. The van der Waals surface area contributed by atoms with Crippen LogP contribution in [0.25, 0.3) is 6.08 Å². The lowest BCUT2D eigenvalue weighted by molar-refractivity contribution is -0.117. The van der Waals surface area contributed by atoms with Gasteiger partial charge >= 0.3 is 0 Å². The molecule has 4 nitrogen and oxygen atoms in total. The summed E-state index contributed by atoms with van der Waals surface area (Å²) in [6, 6.07) is 12.4. The molecule has 2 aromatic rings. The number of hydrazine groups is 1. The summed E-state index contributed by atoms with van der Waals surface area (Å²) in [5.41, 5.74) is 4.89. The Balaban J connectivity index is 1.90. The lowest BCUT2D eigenvalue weighted by Gasteiger charge is -2.05. The number of hydrogen-bond acceptors (Lipinski definition) is 2. The van der Waals surface area contributed by atoms with Gasteiger partial charge in [0.15, 0.2) is 0 Å². The Bertz CT molecular complexity index is 732. The lowest BCUT2D eigenvalue weighted by Crippen LogP contribution is -2.41. The molecule has 2 aromatic carbocycles. The van der Waals surface area contributed by atoms with Crippen LogP contribution in [0.2, 0.25) is 5.02 Å².